The number of para-hydroxylation sites is 1. The first kappa shape index (κ1) is 19.1. The SMILES string of the molecule is N#Cc1cc2c(c(C#N)c1C#N)c1c3ccccc3c3ccccc3c1c1cc3ccccc3n21. The van der Waals surface area contributed by atoms with Gasteiger partial charge in [0.1, 0.15) is 18.2 Å². The number of rotatable bonds is 0. The number of hydrogen-bond donors (Lipinski definition) is 0. The molecule has 0 aliphatic heterocycles. The molecule has 0 aliphatic rings. The lowest BCUT2D eigenvalue weighted by atomic mass is 9.88. The van der Waals surface area contributed by atoms with Crippen LogP contribution in [0.1, 0.15) is 16.7 Å². The Balaban J connectivity index is 2.01. The van der Waals surface area contributed by atoms with Crippen LogP contribution < -0.4 is 0 Å². The highest BCUT2D eigenvalue weighted by Crippen LogP contribution is 2.44. The van der Waals surface area contributed by atoms with Crippen molar-refractivity contribution in [2.24, 2.45) is 0 Å². The monoisotopic (exact) mass is 442 g/mol. The highest BCUT2D eigenvalue weighted by atomic mass is 14.9. The number of benzene rings is 5. The third-order valence-corrected chi connectivity index (χ3v) is 7.04. The van der Waals surface area contributed by atoms with Crippen LogP contribution in [0.5, 0.6) is 0 Å². The number of nitrogens with zero attached hydrogens (tertiary/aromatic N) is 4. The molecule has 0 amide bonds. The van der Waals surface area contributed by atoms with E-state index in [1.54, 1.807) is 6.07 Å². The van der Waals surface area contributed by atoms with Gasteiger partial charge in [0.2, 0.25) is 0 Å². The molecule has 0 spiro atoms. The first-order valence-corrected chi connectivity index (χ1v) is 11.2. The maximum atomic E-state index is 10.3. The van der Waals surface area contributed by atoms with Gasteiger partial charge in [-0.2, -0.15) is 15.8 Å². The second-order valence-corrected chi connectivity index (χ2v) is 8.67. The van der Waals surface area contributed by atoms with Crippen LogP contribution in [0.4, 0.5) is 0 Å². The van der Waals surface area contributed by atoms with E-state index in [4.69, 9.17) is 0 Å². The van der Waals surface area contributed by atoms with Gasteiger partial charge < -0.3 is 4.40 Å². The molecule has 0 fully saturated rings. The Morgan fingerprint density at radius 1 is 0.486 bits per heavy atom. The first-order chi connectivity index (χ1) is 17.3. The summed E-state index contributed by atoms with van der Waals surface area (Å²) in [6, 6.07) is 35.1. The third kappa shape index (κ3) is 2.32. The van der Waals surface area contributed by atoms with Crippen LogP contribution in [0.3, 0.4) is 0 Å². The minimum Gasteiger partial charge on any atom is -0.309 e. The Labute approximate surface area is 199 Å². The van der Waals surface area contributed by atoms with Crippen LogP contribution in [-0.2, 0) is 0 Å². The zero-order valence-corrected chi connectivity index (χ0v) is 18.4. The predicted octanol–water partition coefficient (Wildman–Crippen LogP) is 7.32. The van der Waals surface area contributed by atoms with E-state index >= 15 is 0 Å². The van der Waals surface area contributed by atoms with Crippen LogP contribution in [0, 0.1) is 34.0 Å². The highest BCUT2D eigenvalue weighted by molar-refractivity contribution is 6.36. The molecular weight excluding hydrogens is 428 g/mol. The maximum Gasteiger partial charge on any atom is 0.102 e. The molecule has 0 bridgehead atoms. The smallest absolute Gasteiger partial charge is 0.102 e. The summed E-state index contributed by atoms with van der Waals surface area (Å²) in [5.41, 5.74) is 3.32. The van der Waals surface area contributed by atoms with E-state index in [0.717, 1.165) is 54.3 Å². The predicted molar refractivity (Wildman–Crippen MR) is 139 cm³/mol. The molecular formula is C31H14N4. The number of pyridine rings is 1. The largest absolute Gasteiger partial charge is 0.309 e. The molecule has 0 aliphatic carbocycles. The van der Waals surface area contributed by atoms with Crippen molar-refractivity contribution in [2.75, 3.05) is 0 Å². The summed E-state index contributed by atoms with van der Waals surface area (Å²) < 4.78 is 2.14. The number of hydrogen-bond acceptors (Lipinski definition) is 3. The Hall–Kier alpha value is -5.37. The summed E-state index contributed by atoms with van der Waals surface area (Å²) in [5.74, 6) is 0. The molecule has 2 heterocycles. The van der Waals surface area contributed by atoms with Gasteiger partial charge in [-0.1, -0.05) is 66.7 Å². The van der Waals surface area contributed by atoms with E-state index < -0.39 is 0 Å². The summed E-state index contributed by atoms with van der Waals surface area (Å²) >= 11 is 0. The summed E-state index contributed by atoms with van der Waals surface area (Å²) in [6.45, 7) is 0. The second kappa shape index (κ2) is 6.82. The lowest BCUT2D eigenvalue weighted by Crippen LogP contribution is -1.99. The molecule has 4 heteroatoms. The van der Waals surface area contributed by atoms with Crippen molar-refractivity contribution in [3.63, 3.8) is 0 Å². The molecule has 4 nitrogen and oxygen atoms in total. The zero-order chi connectivity index (χ0) is 23.7. The maximum absolute atomic E-state index is 10.3. The minimum atomic E-state index is 0.122. The summed E-state index contributed by atoms with van der Waals surface area (Å²) in [5, 5.41) is 38.2. The van der Waals surface area contributed by atoms with Gasteiger partial charge in [0.25, 0.3) is 0 Å². The van der Waals surface area contributed by atoms with Crippen LogP contribution in [-0.4, -0.2) is 4.40 Å². The molecule has 0 saturated carbocycles. The summed E-state index contributed by atoms with van der Waals surface area (Å²) in [4.78, 5) is 0. The Morgan fingerprint density at radius 2 is 1.06 bits per heavy atom. The van der Waals surface area contributed by atoms with Gasteiger partial charge in [0.05, 0.1) is 33.2 Å². The van der Waals surface area contributed by atoms with Crippen molar-refractivity contribution < 1.29 is 0 Å². The molecule has 7 rings (SSSR count). The number of aromatic nitrogens is 1. The number of fused-ring (bicyclic) bond motifs is 13. The van der Waals surface area contributed by atoms with E-state index in [9.17, 15) is 15.8 Å². The van der Waals surface area contributed by atoms with Crippen molar-refractivity contribution in [3.8, 4) is 18.2 Å². The molecule has 158 valence electrons. The lowest BCUT2D eigenvalue weighted by Gasteiger charge is -2.17. The third-order valence-electron chi connectivity index (χ3n) is 7.04. The fourth-order valence-corrected chi connectivity index (χ4v) is 5.68. The molecule has 7 aromatic rings. The van der Waals surface area contributed by atoms with E-state index in [0.29, 0.717) is 5.39 Å². The first-order valence-electron chi connectivity index (χ1n) is 11.2. The van der Waals surface area contributed by atoms with Gasteiger partial charge in [-0.05, 0) is 39.7 Å². The van der Waals surface area contributed by atoms with E-state index in [2.05, 4.69) is 59.0 Å². The van der Waals surface area contributed by atoms with Crippen LogP contribution in [0.25, 0.3) is 59.6 Å². The molecule has 0 atom stereocenters. The standard InChI is InChI=1S/C31H14N4/c32-15-19-14-28-30(25(17-34)24(19)16-33)31-23-11-5-3-9-21(23)20-8-2-4-10-22(20)29(31)27-13-18-7-1-6-12-26(18)35(27)28/h1-14H. The van der Waals surface area contributed by atoms with Crippen LogP contribution in [0.15, 0.2) is 84.9 Å². The van der Waals surface area contributed by atoms with Gasteiger partial charge in [0, 0.05) is 21.5 Å². The number of nitriles is 3. The average molecular weight is 442 g/mol. The van der Waals surface area contributed by atoms with E-state index in [1.807, 2.05) is 42.5 Å². The average Bonchev–Trinajstić information content (AvgIpc) is 3.31. The summed E-state index contributed by atoms with van der Waals surface area (Å²) in [6.07, 6.45) is 0. The molecule has 5 aromatic carbocycles. The Morgan fingerprint density at radius 3 is 1.71 bits per heavy atom. The summed E-state index contributed by atoms with van der Waals surface area (Å²) in [7, 11) is 0. The van der Waals surface area contributed by atoms with Gasteiger partial charge in [0.15, 0.2) is 0 Å². The topological polar surface area (TPSA) is 75.8 Å². The van der Waals surface area contributed by atoms with Gasteiger partial charge in [-0.15, -0.1) is 0 Å². The highest BCUT2D eigenvalue weighted by Gasteiger charge is 2.23. The van der Waals surface area contributed by atoms with Crippen LogP contribution in [0.2, 0.25) is 0 Å². The van der Waals surface area contributed by atoms with Gasteiger partial charge in [-0.25, -0.2) is 0 Å². The van der Waals surface area contributed by atoms with Gasteiger partial charge in [-0.3, -0.25) is 0 Å². The van der Waals surface area contributed by atoms with Crippen LogP contribution >= 0.6 is 0 Å². The fraction of sp³-hybridized carbons (Fsp3) is 0. The molecule has 0 radical (unpaired) electrons. The van der Waals surface area contributed by atoms with E-state index in [-0.39, 0.29) is 16.7 Å². The van der Waals surface area contributed by atoms with Crippen molar-refractivity contribution >= 4 is 59.6 Å². The van der Waals surface area contributed by atoms with Crippen molar-refractivity contribution in [1.82, 2.24) is 4.40 Å². The Kier molecular flexibility index (Phi) is 3.73. The Bertz CT molecular complexity index is 2200. The molecule has 35 heavy (non-hydrogen) atoms. The van der Waals surface area contributed by atoms with Crippen molar-refractivity contribution in [1.29, 1.82) is 15.8 Å². The van der Waals surface area contributed by atoms with E-state index in [1.165, 1.54) is 0 Å². The van der Waals surface area contributed by atoms with Crippen molar-refractivity contribution in [3.05, 3.63) is 102 Å². The minimum absolute atomic E-state index is 0.122. The molecule has 2 aromatic heterocycles. The van der Waals surface area contributed by atoms with Crippen molar-refractivity contribution in [2.45, 2.75) is 0 Å². The fourth-order valence-electron chi connectivity index (χ4n) is 5.68. The quantitative estimate of drug-likeness (QED) is 0.231. The molecule has 0 N–H and O–H groups in total. The molecule has 0 saturated heterocycles. The zero-order valence-electron chi connectivity index (χ0n) is 18.4. The molecule has 0 unspecified atom stereocenters. The normalized spacial score (nSPS) is 11.3. The lowest BCUT2D eigenvalue weighted by molar-refractivity contribution is 1.33. The second-order valence-electron chi connectivity index (χ2n) is 8.67. The van der Waals surface area contributed by atoms with Gasteiger partial charge >= 0.3 is 0 Å².